The van der Waals surface area contributed by atoms with Crippen molar-refractivity contribution >= 4 is 60.8 Å². The number of rotatable bonds is 1. The van der Waals surface area contributed by atoms with E-state index in [0.717, 1.165) is 57.0 Å². The van der Waals surface area contributed by atoms with Gasteiger partial charge in [0.15, 0.2) is 0 Å². The number of amides is 1. The molecule has 1 aromatic carbocycles. The first-order valence-corrected chi connectivity index (χ1v) is 11.9. The summed E-state index contributed by atoms with van der Waals surface area (Å²) in [4.78, 5) is 18.7. The molecule has 1 saturated heterocycles. The number of hydrogen-bond acceptors (Lipinski definition) is 4. The molecule has 2 aliphatic rings. The number of aryl methyl sites for hydroxylation is 2. The number of aromatic nitrogens is 1. The van der Waals surface area contributed by atoms with Gasteiger partial charge in [0.05, 0.1) is 27.5 Å². The van der Waals surface area contributed by atoms with Gasteiger partial charge in [0.25, 0.3) is 0 Å². The van der Waals surface area contributed by atoms with Gasteiger partial charge in [-0.15, -0.1) is 0 Å². The SMILES string of the molecule is CCOC(=O)N1CCC(=C2c3ncc(Br)cc3CCc3cc(Cl)c(N)c(Br)c32)CC1. The Morgan fingerprint density at radius 1 is 1.20 bits per heavy atom. The summed E-state index contributed by atoms with van der Waals surface area (Å²) in [5, 5.41) is 0.558. The second-order valence-corrected chi connectivity index (χ2v) is 9.56. The number of fused-ring (bicyclic) bond motifs is 2. The van der Waals surface area contributed by atoms with Gasteiger partial charge in [-0.05, 0) is 87.7 Å². The molecular weight excluding hydrogens is 534 g/mol. The number of benzene rings is 1. The van der Waals surface area contributed by atoms with Crippen LogP contribution in [0.4, 0.5) is 10.5 Å². The number of pyridine rings is 1. The topological polar surface area (TPSA) is 68.5 Å². The lowest BCUT2D eigenvalue weighted by atomic mass is 9.88. The average Bonchev–Trinajstić information content (AvgIpc) is 2.89. The zero-order valence-corrected chi connectivity index (χ0v) is 20.5. The molecule has 1 aliphatic heterocycles. The van der Waals surface area contributed by atoms with Crippen molar-refractivity contribution in [2.45, 2.75) is 32.6 Å². The summed E-state index contributed by atoms with van der Waals surface area (Å²) in [6.07, 6.45) is 4.84. The van der Waals surface area contributed by atoms with E-state index in [-0.39, 0.29) is 6.09 Å². The number of nitrogens with two attached hydrogens (primary N) is 1. The van der Waals surface area contributed by atoms with Crippen LogP contribution in [0.1, 0.15) is 42.1 Å². The molecule has 1 aliphatic carbocycles. The van der Waals surface area contributed by atoms with E-state index in [1.54, 1.807) is 4.90 Å². The standard InChI is InChI=1S/C22H22Br2ClN3O2/c1-2-30-22(29)28-7-5-12(6-8-28)18-17-13(10-16(25)20(26)19(17)24)3-4-14-9-15(23)11-27-21(14)18/h9-11H,2-8,26H2,1H3. The molecule has 8 heteroatoms. The fourth-order valence-corrected chi connectivity index (χ4v) is 5.59. The Bertz CT molecular complexity index is 1050. The van der Waals surface area contributed by atoms with Crippen LogP contribution in [-0.4, -0.2) is 35.7 Å². The first-order chi connectivity index (χ1) is 14.4. The molecule has 5 nitrogen and oxygen atoms in total. The van der Waals surface area contributed by atoms with Crippen LogP contribution in [0.5, 0.6) is 0 Å². The van der Waals surface area contributed by atoms with Crippen LogP contribution in [0.15, 0.2) is 32.8 Å². The Morgan fingerprint density at radius 3 is 2.60 bits per heavy atom. The Labute approximate surface area is 197 Å². The second kappa shape index (κ2) is 8.89. The molecule has 2 N–H and O–H groups in total. The predicted octanol–water partition coefficient (Wildman–Crippen LogP) is 6.00. The van der Waals surface area contributed by atoms with Gasteiger partial charge >= 0.3 is 6.09 Å². The highest BCUT2D eigenvalue weighted by Gasteiger charge is 2.29. The Hall–Kier alpha value is -1.57. The molecule has 0 saturated carbocycles. The molecule has 0 bridgehead atoms. The number of nitrogens with zero attached hydrogens (tertiary/aromatic N) is 2. The quantitative estimate of drug-likeness (QED) is 0.439. The van der Waals surface area contributed by atoms with Gasteiger partial charge < -0.3 is 15.4 Å². The molecule has 158 valence electrons. The van der Waals surface area contributed by atoms with Gasteiger partial charge in [-0.25, -0.2) is 4.79 Å². The Kier molecular flexibility index (Phi) is 6.42. The largest absolute Gasteiger partial charge is 0.450 e. The van der Waals surface area contributed by atoms with Crippen LogP contribution in [0.25, 0.3) is 5.57 Å². The summed E-state index contributed by atoms with van der Waals surface area (Å²) >= 11 is 13.7. The van der Waals surface area contributed by atoms with Gasteiger partial charge in [-0.1, -0.05) is 17.2 Å². The summed E-state index contributed by atoms with van der Waals surface area (Å²) in [7, 11) is 0. The lowest BCUT2D eigenvalue weighted by Gasteiger charge is -2.30. The Balaban J connectivity index is 1.86. The average molecular weight is 556 g/mol. The molecule has 1 amide bonds. The van der Waals surface area contributed by atoms with Gasteiger partial charge in [0.1, 0.15) is 0 Å². The molecule has 2 heterocycles. The number of carbonyl (C=O) groups is 1. The number of likely N-dealkylation sites (tertiary alicyclic amines) is 1. The highest BCUT2D eigenvalue weighted by Crippen LogP contribution is 2.45. The highest BCUT2D eigenvalue weighted by atomic mass is 79.9. The molecule has 0 unspecified atom stereocenters. The van der Waals surface area contributed by atoms with Crippen molar-refractivity contribution in [3.8, 4) is 0 Å². The van der Waals surface area contributed by atoms with Crippen molar-refractivity contribution in [2.75, 3.05) is 25.4 Å². The van der Waals surface area contributed by atoms with Crippen molar-refractivity contribution in [3.05, 3.63) is 60.3 Å². The van der Waals surface area contributed by atoms with Gasteiger partial charge in [-0.3, -0.25) is 4.98 Å². The van der Waals surface area contributed by atoms with E-state index in [2.05, 4.69) is 37.9 Å². The number of nitrogen functional groups attached to an aromatic ring is 1. The number of hydrogen-bond donors (Lipinski definition) is 1. The normalized spacial score (nSPS) is 16.1. The van der Waals surface area contributed by atoms with Crippen molar-refractivity contribution in [2.24, 2.45) is 0 Å². The summed E-state index contributed by atoms with van der Waals surface area (Å²) in [6, 6.07) is 4.12. The summed E-state index contributed by atoms with van der Waals surface area (Å²) in [5.74, 6) is 0. The monoisotopic (exact) mass is 553 g/mol. The van der Waals surface area contributed by atoms with Crippen molar-refractivity contribution < 1.29 is 9.53 Å². The highest BCUT2D eigenvalue weighted by molar-refractivity contribution is 9.11. The fourth-order valence-electron chi connectivity index (χ4n) is 4.20. The van der Waals surface area contributed by atoms with E-state index in [1.165, 1.54) is 11.1 Å². The number of ether oxygens (including phenoxy) is 1. The van der Waals surface area contributed by atoms with Gasteiger partial charge in [0.2, 0.25) is 0 Å². The van der Waals surface area contributed by atoms with Crippen LogP contribution in [0.2, 0.25) is 5.02 Å². The van der Waals surface area contributed by atoms with Crippen LogP contribution in [0.3, 0.4) is 0 Å². The predicted molar refractivity (Wildman–Crippen MR) is 127 cm³/mol. The van der Waals surface area contributed by atoms with Crippen LogP contribution in [-0.2, 0) is 17.6 Å². The van der Waals surface area contributed by atoms with E-state index < -0.39 is 0 Å². The van der Waals surface area contributed by atoms with E-state index in [1.807, 2.05) is 19.2 Å². The smallest absolute Gasteiger partial charge is 0.409 e. The third-order valence-electron chi connectivity index (χ3n) is 5.67. The maximum Gasteiger partial charge on any atom is 0.409 e. The summed E-state index contributed by atoms with van der Waals surface area (Å²) in [5.41, 5.74) is 13.6. The van der Waals surface area contributed by atoms with Crippen LogP contribution < -0.4 is 5.73 Å². The summed E-state index contributed by atoms with van der Waals surface area (Å²) in [6.45, 7) is 3.46. The van der Waals surface area contributed by atoms with E-state index >= 15 is 0 Å². The minimum absolute atomic E-state index is 0.248. The van der Waals surface area contributed by atoms with Crippen molar-refractivity contribution in [1.29, 1.82) is 0 Å². The number of halogens is 3. The first-order valence-electron chi connectivity index (χ1n) is 9.96. The van der Waals surface area contributed by atoms with Gasteiger partial charge in [-0.2, -0.15) is 0 Å². The summed E-state index contributed by atoms with van der Waals surface area (Å²) < 4.78 is 6.95. The maximum absolute atomic E-state index is 12.1. The maximum atomic E-state index is 12.1. The minimum Gasteiger partial charge on any atom is -0.450 e. The molecule has 0 atom stereocenters. The molecule has 1 fully saturated rings. The third-order valence-corrected chi connectivity index (χ3v) is 7.24. The molecule has 30 heavy (non-hydrogen) atoms. The van der Waals surface area contributed by atoms with Crippen molar-refractivity contribution in [3.63, 3.8) is 0 Å². The van der Waals surface area contributed by atoms with Crippen LogP contribution in [0, 0.1) is 0 Å². The lowest BCUT2D eigenvalue weighted by Crippen LogP contribution is -2.37. The minimum atomic E-state index is -0.248. The molecular formula is C22H22Br2ClN3O2. The second-order valence-electron chi connectivity index (χ2n) is 7.45. The molecule has 0 spiro atoms. The first kappa shape index (κ1) is 21.7. The zero-order chi connectivity index (χ0) is 21.4. The number of anilines is 1. The van der Waals surface area contributed by atoms with E-state index in [4.69, 9.17) is 27.1 Å². The van der Waals surface area contributed by atoms with Gasteiger partial charge in [0, 0.05) is 34.9 Å². The van der Waals surface area contributed by atoms with E-state index in [0.29, 0.717) is 30.4 Å². The van der Waals surface area contributed by atoms with Crippen molar-refractivity contribution in [1.82, 2.24) is 9.88 Å². The molecule has 4 rings (SSSR count). The number of piperidine rings is 1. The van der Waals surface area contributed by atoms with Crippen LogP contribution >= 0.6 is 43.5 Å². The fraction of sp³-hybridized carbons (Fsp3) is 0.364. The Morgan fingerprint density at radius 2 is 1.90 bits per heavy atom. The molecule has 0 radical (unpaired) electrons. The number of carbonyl (C=O) groups excluding carboxylic acids is 1. The van der Waals surface area contributed by atoms with E-state index in [9.17, 15) is 4.79 Å². The molecule has 2 aromatic rings. The zero-order valence-electron chi connectivity index (χ0n) is 16.6. The molecule has 1 aromatic heterocycles. The lowest BCUT2D eigenvalue weighted by molar-refractivity contribution is 0.104. The third kappa shape index (κ3) is 3.99.